The van der Waals surface area contributed by atoms with Gasteiger partial charge in [-0.1, -0.05) is 48.5 Å². The highest BCUT2D eigenvalue weighted by Gasteiger charge is 2.49. The Hall–Kier alpha value is -2.74. The number of aliphatic hydroxyl groups excluding tert-OH is 1. The zero-order valence-electron chi connectivity index (χ0n) is 12.9. The van der Waals surface area contributed by atoms with Gasteiger partial charge in [-0.25, -0.2) is 9.59 Å². The molecule has 2 aromatic carbocycles. The molecule has 2 unspecified atom stereocenters. The molecule has 0 saturated carbocycles. The third-order valence-corrected chi connectivity index (χ3v) is 3.82. The zero-order valence-corrected chi connectivity index (χ0v) is 12.9. The summed E-state index contributed by atoms with van der Waals surface area (Å²) in [5.74, 6) is -0.557. The molecule has 0 aromatic heterocycles. The predicted molar refractivity (Wildman–Crippen MR) is 86.1 cm³/mol. The third kappa shape index (κ3) is 3.43. The van der Waals surface area contributed by atoms with E-state index >= 15 is 0 Å². The summed E-state index contributed by atoms with van der Waals surface area (Å²) in [6.07, 6.45) is -0.935. The first kappa shape index (κ1) is 16.1. The maximum absolute atomic E-state index is 12.7. The summed E-state index contributed by atoms with van der Waals surface area (Å²) in [7, 11) is 0. The van der Waals surface area contributed by atoms with Crippen LogP contribution in [0.25, 0.3) is 0 Å². The molecule has 3 N–H and O–H groups in total. The highest BCUT2D eigenvalue weighted by atomic mass is 16.7. The number of carbonyl (C=O) groups excluding carboxylic acids is 2. The Labute approximate surface area is 139 Å². The number of aliphatic hydroxyl groups is 1. The van der Waals surface area contributed by atoms with Gasteiger partial charge in [-0.2, -0.15) is 0 Å². The standard InChI is InChI=1S/C17H17N3O4/c21-15(13-7-3-1-4-8-13)11-20(12-16(22)24-19-20)17(23)18-14-9-5-2-6-10-14/h1-10,15,19,21H,11-12H2/p+1. The molecule has 1 aliphatic rings. The van der Waals surface area contributed by atoms with Gasteiger partial charge in [-0.05, 0) is 17.7 Å². The van der Waals surface area contributed by atoms with Crippen molar-refractivity contribution in [1.29, 1.82) is 0 Å². The maximum Gasteiger partial charge on any atom is 0.443 e. The lowest BCUT2D eigenvalue weighted by Crippen LogP contribution is -2.61. The number of urea groups is 1. The monoisotopic (exact) mass is 328 g/mol. The van der Waals surface area contributed by atoms with E-state index in [1.54, 1.807) is 48.5 Å². The Morgan fingerprint density at radius 2 is 1.79 bits per heavy atom. The van der Waals surface area contributed by atoms with Crippen molar-refractivity contribution < 1.29 is 24.1 Å². The van der Waals surface area contributed by atoms with Gasteiger partial charge in [-0.15, -0.1) is 4.59 Å². The van der Waals surface area contributed by atoms with E-state index in [-0.39, 0.29) is 13.1 Å². The summed E-state index contributed by atoms with van der Waals surface area (Å²) in [6.45, 7) is -0.253. The molecule has 0 spiro atoms. The summed E-state index contributed by atoms with van der Waals surface area (Å²) < 4.78 is -0.538. The number of para-hydroxylation sites is 1. The van der Waals surface area contributed by atoms with E-state index < -0.39 is 22.7 Å². The smallest absolute Gasteiger partial charge is 0.382 e. The van der Waals surface area contributed by atoms with E-state index in [2.05, 4.69) is 10.9 Å². The van der Waals surface area contributed by atoms with E-state index in [9.17, 15) is 14.7 Å². The van der Waals surface area contributed by atoms with Crippen LogP contribution in [-0.2, 0) is 9.63 Å². The predicted octanol–water partition coefficient (Wildman–Crippen LogP) is 1.75. The first-order chi connectivity index (χ1) is 11.6. The summed E-state index contributed by atoms with van der Waals surface area (Å²) in [4.78, 5) is 29.1. The van der Waals surface area contributed by atoms with Gasteiger partial charge in [0.25, 0.3) is 0 Å². The number of nitrogens with one attached hydrogen (secondary N) is 2. The fourth-order valence-electron chi connectivity index (χ4n) is 2.55. The topological polar surface area (TPSA) is 87.7 Å². The van der Waals surface area contributed by atoms with Gasteiger partial charge in [-0.3, -0.25) is 5.32 Å². The van der Waals surface area contributed by atoms with Crippen LogP contribution in [0.5, 0.6) is 0 Å². The Bertz CT molecular complexity index is 723. The lowest BCUT2D eigenvalue weighted by molar-refractivity contribution is -0.899. The minimum absolute atomic E-state index is 0.0472. The normalized spacial score (nSPS) is 21.1. The van der Waals surface area contributed by atoms with Gasteiger partial charge in [0.15, 0.2) is 0 Å². The Morgan fingerprint density at radius 3 is 2.38 bits per heavy atom. The van der Waals surface area contributed by atoms with Crippen molar-refractivity contribution in [1.82, 2.24) is 5.59 Å². The van der Waals surface area contributed by atoms with Crippen molar-refractivity contribution in [3.63, 3.8) is 0 Å². The second-order valence-electron chi connectivity index (χ2n) is 5.60. The minimum Gasteiger partial charge on any atom is -0.382 e. The van der Waals surface area contributed by atoms with Crippen LogP contribution in [0.1, 0.15) is 11.7 Å². The molecule has 1 aliphatic heterocycles. The van der Waals surface area contributed by atoms with Crippen LogP contribution >= 0.6 is 0 Å². The highest BCUT2D eigenvalue weighted by molar-refractivity contribution is 5.86. The van der Waals surface area contributed by atoms with Gasteiger partial charge >= 0.3 is 12.0 Å². The largest absolute Gasteiger partial charge is 0.443 e. The number of quaternary nitrogens is 1. The fraction of sp³-hybridized carbons (Fsp3) is 0.176. The van der Waals surface area contributed by atoms with E-state index in [1.807, 2.05) is 12.1 Å². The van der Waals surface area contributed by atoms with Crippen molar-refractivity contribution in [3.8, 4) is 0 Å². The van der Waals surface area contributed by atoms with Gasteiger partial charge in [0.05, 0.1) is 0 Å². The van der Waals surface area contributed by atoms with Crippen LogP contribution in [0.3, 0.4) is 0 Å². The summed E-state index contributed by atoms with van der Waals surface area (Å²) >= 11 is 0. The molecule has 0 radical (unpaired) electrons. The molecule has 1 fully saturated rings. The molecule has 0 bridgehead atoms. The van der Waals surface area contributed by atoms with E-state index in [0.29, 0.717) is 11.3 Å². The van der Waals surface area contributed by atoms with Gasteiger partial charge in [0.2, 0.25) is 6.54 Å². The van der Waals surface area contributed by atoms with Gasteiger partial charge in [0, 0.05) is 11.3 Å². The van der Waals surface area contributed by atoms with E-state index in [0.717, 1.165) is 0 Å². The molecule has 7 heteroatoms. The van der Waals surface area contributed by atoms with Crippen LogP contribution in [0.4, 0.5) is 10.5 Å². The molecule has 0 aliphatic carbocycles. The van der Waals surface area contributed by atoms with E-state index in [1.165, 1.54) is 0 Å². The van der Waals surface area contributed by atoms with E-state index in [4.69, 9.17) is 4.84 Å². The summed E-state index contributed by atoms with van der Waals surface area (Å²) in [6, 6.07) is 17.4. The number of benzene rings is 2. The van der Waals surface area contributed by atoms with Crippen molar-refractivity contribution in [2.24, 2.45) is 0 Å². The Balaban J connectivity index is 1.80. The Kier molecular flexibility index (Phi) is 4.57. The van der Waals surface area contributed by atoms with Crippen molar-refractivity contribution in [2.75, 3.05) is 18.4 Å². The van der Waals surface area contributed by atoms with Crippen LogP contribution in [0.15, 0.2) is 60.7 Å². The highest BCUT2D eigenvalue weighted by Crippen LogP contribution is 2.21. The molecule has 2 aromatic rings. The summed E-state index contributed by atoms with van der Waals surface area (Å²) in [5.41, 5.74) is 3.71. The number of carbonyl (C=O) groups is 2. The molecule has 2 amide bonds. The molecule has 3 rings (SSSR count). The number of nitrogens with zero attached hydrogens (tertiary/aromatic N) is 1. The number of rotatable bonds is 4. The van der Waals surface area contributed by atoms with Gasteiger partial charge < -0.3 is 9.94 Å². The molecule has 7 nitrogen and oxygen atoms in total. The molecular weight excluding hydrogens is 310 g/mol. The molecular formula is C17H18N3O4+. The average molecular weight is 328 g/mol. The maximum atomic E-state index is 12.7. The van der Waals surface area contributed by atoms with Crippen molar-refractivity contribution in [2.45, 2.75) is 6.10 Å². The molecule has 24 heavy (non-hydrogen) atoms. The fourth-order valence-corrected chi connectivity index (χ4v) is 2.55. The number of hydrogen-bond acceptors (Lipinski definition) is 5. The number of hydrogen-bond donors (Lipinski definition) is 3. The molecule has 124 valence electrons. The van der Waals surface area contributed by atoms with Gasteiger partial charge in [0.1, 0.15) is 12.6 Å². The van der Waals surface area contributed by atoms with Crippen LogP contribution < -0.4 is 10.9 Å². The third-order valence-electron chi connectivity index (χ3n) is 3.82. The second-order valence-corrected chi connectivity index (χ2v) is 5.60. The lowest BCUT2D eigenvalue weighted by atomic mass is 10.1. The molecule has 1 heterocycles. The second kappa shape index (κ2) is 6.79. The first-order valence-corrected chi connectivity index (χ1v) is 7.53. The Morgan fingerprint density at radius 1 is 1.17 bits per heavy atom. The van der Waals surface area contributed by atoms with Crippen molar-refractivity contribution in [3.05, 3.63) is 66.2 Å². The quantitative estimate of drug-likeness (QED) is 0.744. The molecule has 2 atom stereocenters. The number of anilines is 1. The first-order valence-electron chi connectivity index (χ1n) is 7.53. The SMILES string of the molecule is O=C1C[N+](CC(O)c2ccccc2)(C(=O)Nc2ccccc2)NO1. The zero-order chi connectivity index (χ0) is 17.0. The van der Waals surface area contributed by atoms with Crippen LogP contribution in [-0.4, -0.2) is 34.8 Å². The van der Waals surface area contributed by atoms with Crippen molar-refractivity contribution >= 4 is 17.7 Å². The minimum atomic E-state index is -0.935. The number of amides is 2. The average Bonchev–Trinajstić information content (AvgIpc) is 2.98. The lowest BCUT2D eigenvalue weighted by Gasteiger charge is -2.28. The van der Waals surface area contributed by atoms with Crippen LogP contribution in [0.2, 0.25) is 0 Å². The molecule has 1 saturated heterocycles. The summed E-state index contributed by atoms with van der Waals surface area (Å²) in [5, 5.41) is 13.2. The van der Waals surface area contributed by atoms with Crippen LogP contribution in [0, 0.1) is 0 Å².